The smallest absolute Gasteiger partial charge is 0.326 e. The summed E-state index contributed by atoms with van der Waals surface area (Å²) in [6.45, 7) is 0.519. The predicted octanol–water partition coefficient (Wildman–Crippen LogP) is 2.43. The van der Waals surface area contributed by atoms with Gasteiger partial charge < -0.3 is 10.0 Å². The van der Waals surface area contributed by atoms with Crippen molar-refractivity contribution in [2.24, 2.45) is 0 Å². The number of amides is 1. The van der Waals surface area contributed by atoms with E-state index >= 15 is 0 Å². The molecule has 3 rings (SSSR count). The summed E-state index contributed by atoms with van der Waals surface area (Å²) < 4.78 is 0. The number of hydrogen-bond acceptors (Lipinski definition) is 4. The lowest BCUT2D eigenvalue weighted by Crippen LogP contribution is -2.41. The van der Waals surface area contributed by atoms with Gasteiger partial charge in [0.15, 0.2) is 0 Å². The third kappa shape index (κ3) is 3.01. The van der Waals surface area contributed by atoms with Crippen LogP contribution in [-0.2, 0) is 16.0 Å². The molecule has 0 aliphatic carbocycles. The monoisotopic (exact) mass is 316 g/mol. The Labute approximate surface area is 132 Å². The van der Waals surface area contributed by atoms with Crippen LogP contribution in [0.3, 0.4) is 0 Å². The van der Waals surface area contributed by atoms with E-state index in [4.69, 9.17) is 5.11 Å². The Morgan fingerprint density at radius 3 is 2.82 bits per heavy atom. The molecule has 114 valence electrons. The molecule has 1 atom stereocenters. The van der Waals surface area contributed by atoms with Crippen LogP contribution in [0.2, 0.25) is 0 Å². The molecule has 1 aliphatic heterocycles. The lowest BCUT2D eigenvalue weighted by atomic mass is 10.2. The zero-order valence-electron chi connectivity index (χ0n) is 11.9. The first kappa shape index (κ1) is 14.7. The van der Waals surface area contributed by atoms with Gasteiger partial charge in [0.1, 0.15) is 11.0 Å². The molecule has 1 aliphatic rings. The Hall–Kier alpha value is -2.21. The fourth-order valence-corrected chi connectivity index (χ4v) is 3.51. The first-order chi connectivity index (χ1) is 10.6. The van der Waals surface area contributed by atoms with Crippen molar-refractivity contribution in [2.75, 3.05) is 6.54 Å². The van der Waals surface area contributed by atoms with Crippen molar-refractivity contribution in [1.82, 2.24) is 9.88 Å². The van der Waals surface area contributed by atoms with Crippen LogP contribution in [-0.4, -0.2) is 39.5 Å². The van der Waals surface area contributed by atoms with Crippen LogP contribution in [0.25, 0.3) is 10.6 Å². The summed E-state index contributed by atoms with van der Waals surface area (Å²) in [7, 11) is 0. The molecule has 5 nitrogen and oxygen atoms in total. The van der Waals surface area contributed by atoms with E-state index in [1.165, 1.54) is 16.2 Å². The van der Waals surface area contributed by atoms with Crippen LogP contribution in [0.1, 0.15) is 18.5 Å². The number of carbonyl (C=O) groups excluding carboxylic acids is 1. The van der Waals surface area contributed by atoms with E-state index in [0.717, 1.165) is 17.0 Å². The number of aromatic nitrogens is 1. The fraction of sp³-hybridized carbons (Fsp3) is 0.312. The molecule has 6 heteroatoms. The highest BCUT2D eigenvalue weighted by Crippen LogP contribution is 2.24. The minimum atomic E-state index is -0.922. The fourth-order valence-electron chi connectivity index (χ4n) is 2.68. The molecule has 0 unspecified atom stereocenters. The van der Waals surface area contributed by atoms with E-state index in [1.807, 2.05) is 35.7 Å². The predicted molar refractivity (Wildman–Crippen MR) is 83.6 cm³/mol. The van der Waals surface area contributed by atoms with Crippen molar-refractivity contribution in [3.8, 4) is 10.6 Å². The van der Waals surface area contributed by atoms with Crippen molar-refractivity contribution in [2.45, 2.75) is 25.3 Å². The quantitative estimate of drug-likeness (QED) is 0.940. The van der Waals surface area contributed by atoms with E-state index in [1.54, 1.807) is 0 Å². The van der Waals surface area contributed by atoms with Crippen LogP contribution < -0.4 is 0 Å². The second-order valence-electron chi connectivity index (χ2n) is 5.27. The molecule has 0 saturated carbocycles. The van der Waals surface area contributed by atoms with E-state index < -0.39 is 12.0 Å². The summed E-state index contributed by atoms with van der Waals surface area (Å²) in [6, 6.07) is 9.12. The summed E-state index contributed by atoms with van der Waals surface area (Å²) in [6.07, 6.45) is 1.44. The Bertz CT molecular complexity index is 684. The van der Waals surface area contributed by atoms with E-state index in [-0.39, 0.29) is 12.3 Å². The number of benzene rings is 1. The van der Waals surface area contributed by atoms with E-state index in [2.05, 4.69) is 4.98 Å². The Kier molecular flexibility index (Phi) is 4.20. The molecule has 2 heterocycles. The highest BCUT2D eigenvalue weighted by molar-refractivity contribution is 7.13. The number of likely N-dealkylation sites (tertiary alicyclic amines) is 1. The van der Waals surface area contributed by atoms with Crippen LogP contribution in [0, 0.1) is 0 Å². The average Bonchev–Trinajstić information content (AvgIpc) is 3.17. The number of thiazole rings is 1. The molecule has 2 aromatic rings. The highest BCUT2D eigenvalue weighted by atomic mass is 32.1. The van der Waals surface area contributed by atoms with Gasteiger partial charge in [-0.2, -0.15) is 0 Å². The first-order valence-electron chi connectivity index (χ1n) is 7.17. The third-order valence-corrected chi connectivity index (χ3v) is 4.70. The number of rotatable bonds is 4. The Morgan fingerprint density at radius 1 is 1.32 bits per heavy atom. The summed E-state index contributed by atoms with van der Waals surface area (Å²) >= 11 is 1.50. The lowest BCUT2D eigenvalue weighted by molar-refractivity contribution is -0.148. The molecule has 22 heavy (non-hydrogen) atoms. The van der Waals surface area contributed by atoms with Crippen molar-refractivity contribution < 1.29 is 14.7 Å². The van der Waals surface area contributed by atoms with Crippen LogP contribution in [0.4, 0.5) is 0 Å². The largest absolute Gasteiger partial charge is 0.480 e. The number of carboxylic acids is 1. The van der Waals surface area contributed by atoms with Gasteiger partial charge in [-0.3, -0.25) is 4.79 Å². The summed E-state index contributed by atoms with van der Waals surface area (Å²) in [5, 5.41) is 11.9. The van der Waals surface area contributed by atoms with Crippen molar-refractivity contribution in [3.05, 3.63) is 41.4 Å². The second-order valence-corrected chi connectivity index (χ2v) is 6.13. The van der Waals surface area contributed by atoms with Gasteiger partial charge in [-0.15, -0.1) is 11.3 Å². The van der Waals surface area contributed by atoms with Gasteiger partial charge in [-0.1, -0.05) is 30.3 Å². The minimum Gasteiger partial charge on any atom is -0.480 e. The summed E-state index contributed by atoms with van der Waals surface area (Å²) in [5.74, 6) is -1.08. The SMILES string of the molecule is O=C(O)[C@@H]1CCCN1C(=O)Cc1csc(-c2ccccc2)n1. The van der Waals surface area contributed by atoms with Crippen LogP contribution in [0.15, 0.2) is 35.7 Å². The number of nitrogens with zero attached hydrogens (tertiary/aromatic N) is 2. The molecule has 0 bridgehead atoms. The molecule has 1 saturated heterocycles. The van der Waals surface area contributed by atoms with Gasteiger partial charge in [0.2, 0.25) is 5.91 Å². The standard InChI is InChI=1S/C16H16N2O3S/c19-14(18-8-4-7-13(18)16(20)21)9-12-10-22-15(17-12)11-5-2-1-3-6-11/h1-3,5-6,10,13H,4,7-9H2,(H,20,21)/t13-/m0/s1. The van der Waals surface area contributed by atoms with Crippen molar-refractivity contribution in [3.63, 3.8) is 0 Å². The topological polar surface area (TPSA) is 70.5 Å². The number of hydrogen-bond donors (Lipinski definition) is 1. The maximum atomic E-state index is 12.3. The second kappa shape index (κ2) is 6.27. The minimum absolute atomic E-state index is 0.158. The van der Waals surface area contributed by atoms with Gasteiger partial charge in [0, 0.05) is 17.5 Å². The number of carbonyl (C=O) groups is 2. The summed E-state index contributed by atoms with van der Waals surface area (Å²) in [5.41, 5.74) is 1.72. The van der Waals surface area contributed by atoms with Crippen molar-refractivity contribution >= 4 is 23.2 Å². The molecule has 1 amide bonds. The molecule has 1 fully saturated rings. The first-order valence-corrected chi connectivity index (χ1v) is 8.05. The lowest BCUT2D eigenvalue weighted by Gasteiger charge is -2.20. The number of aliphatic carboxylic acids is 1. The average molecular weight is 316 g/mol. The molecule has 1 N–H and O–H groups in total. The maximum Gasteiger partial charge on any atom is 0.326 e. The molecule has 0 radical (unpaired) electrons. The molecular weight excluding hydrogens is 300 g/mol. The van der Waals surface area contributed by atoms with E-state index in [0.29, 0.717) is 18.7 Å². The maximum absolute atomic E-state index is 12.3. The zero-order valence-corrected chi connectivity index (χ0v) is 12.8. The van der Waals surface area contributed by atoms with Crippen LogP contribution >= 0.6 is 11.3 Å². The summed E-state index contributed by atoms with van der Waals surface area (Å²) in [4.78, 5) is 29.4. The molecule has 1 aromatic carbocycles. The Morgan fingerprint density at radius 2 is 2.09 bits per heavy atom. The van der Waals surface area contributed by atoms with E-state index in [9.17, 15) is 9.59 Å². The molecule has 1 aromatic heterocycles. The third-order valence-electron chi connectivity index (χ3n) is 3.76. The van der Waals surface area contributed by atoms with Gasteiger partial charge >= 0.3 is 5.97 Å². The normalized spacial score (nSPS) is 17.6. The molecule has 0 spiro atoms. The van der Waals surface area contributed by atoms with Gasteiger partial charge in [-0.05, 0) is 12.8 Å². The highest BCUT2D eigenvalue weighted by Gasteiger charge is 2.33. The van der Waals surface area contributed by atoms with Crippen molar-refractivity contribution in [1.29, 1.82) is 0 Å². The Balaban J connectivity index is 1.70. The molecular formula is C16H16N2O3S. The zero-order chi connectivity index (χ0) is 15.5. The number of carboxylic acid groups (broad SMARTS) is 1. The van der Waals surface area contributed by atoms with Crippen LogP contribution in [0.5, 0.6) is 0 Å². The van der Waals surface area contributed by atoms with Gasteiger partial charge in [-0.25, -0.2) is 9.78 Å². The van der Waals surface area contributed by atoms with Gasteiger partial charge in [0.05, 0.1) is 12.1 Å². The van der Waals surface area contributed by atoms with Gasteiger partial charge in [0.25, 0.3) is 0 Å².